The van der Waals surface area contributed by atoms with Crippen molar-refractivity contribution in [3.05, 3.63) is 23.8 Å². The molecule has 0 aromatic heterocycles. The molecule has 0 spiro atoms. The number of carbonyl (C=O) groups is 2. The summed E-state index contributed by atoms with van der Waals surface area (Å²) in [5, 5.41) is 5.17. The molecule has 0 aliphatic carbocycles. The van der Waals surface area contributed by atoms with Gasteiger partial charge >= 0.3 is 0 Å². The van der Waals surface area contributed by atoms with Crippen molar-refractivity contribution in [3.63, 3.8) is 0 Å². The van der Waals surface area contributed by atoms with E-state index in [0.717, 1.165) is 44.6 Å². The Morgan fingerprint density at radius 3 is 2.56 bits per heavy atom. The summed E-state index contributed by atoms with van der Waals surface area (Å²) in [6.07, 6.45) is 4.42. The first-order valence-corrected chi connectivity index (χ1v) is 10.2. The fourth-order valence-corrected chi connectivity index (χ4v) is 3.24. The second-order valence-electron chi connectivity index (χ2n) is 7.45. The van der Waals surface area contributed by atoms with Gasteiger partial charge in [0.2, 0.25) is 5.91 Å². The van der Waals surface area contributed by atoms with E-state index < -0.39 is 5.38 Å². The standard InChI is InChI=1S/C20H31ClN4O2/c1-15(21)19(26)23-16-8-9-18(25-12-5-4-6-13-25)17(14-16)20(27)22-10-7-11-24(2)3/h8-9,14-15H,4-7,10-13H2,1-3H3,(H,22,27)(H,23,26)/p+1/t15-/m0/s1. The Balaban J connectivity index is 2.17. The van der Waals surface area contributed by atoms with E-state index >= 15 is 0 Å². The maximum absolute atomic E-state index is 12.8. The zero-order valence-corrected chi connectivity index (χ0v) is 17.4. The van der Waals surface area contributed by atoms with Crippen LogP contribution in [0.5, 0.6) is 0 Å². The smallest absolute Gasteiger partial charge is 0.253 e. The molecule has 1 aliphatic rings. The summed E-state index contributed by atoms with van der Waals surface area (Å²) in [5.74, 6) is -0.373. The van der Waals surface area contributed by atoms with E-state index in [4.69, 9.17) is 11.6 Å². The third-order valence-electron chi connectivity index (χ3n) is 4.71. The van der Waals surface area contributed by atoms with Gasteiger partial charge in [-0.15, -0.1) is 11.6 Å². The highest BCUT2D eigenvalue weighted by atomic mass is 35.5. The molecule has 1 saturated heterocycles. The van der Waals surface area contributed by atoms with Crippen LogP contribution in [0.1, 0.15) is 43.0 Å². The Morgan fingerprint density at radius 2 is 1.93 bits per heavy atom. The summed E-state index contributed by atoms with van der Waals surface area (Å²) in [6, 6.07) is 5.53. The van der Waals surface area contributed by atoms with Crippen LogP contribution in [0.15, 0.2) is 18.2 Å². The van der Waals surface area contributed by atoms with Gasteiger partial charge in [-0.3, -0.25) is 9.59 Å². The zero-order valence-electron chi connectivity index (χ0n) is 16.6. The Kier molecular flexibility index (Phi) is 8.38. The average molecular weight is 396 g/mol. The van der Waals surface area contributed by atoms with Crippen LogP contribution < -0.4 is 20.4 Å². The number of quaternary nitrogens is 1. The van der Waals surface area contributed by atoms with E-state index in [1.54, 1.807) is 13.0 Å². The number of nitrogens with zero attached hydrogens (tertiary/aromatic N) is 1. The van der Waals surface area contributed by atoms with Crippen LogP contribution in [0, 0.1) is 0 Å². The molecule has 2 amide bonds. The van der Waals surface area contributed by atoms with Gasteiger partial charge in [-0.1, -0.05) is 0 Å². The molecule has 1 heterocycles. The monoisotopic (exact) mass is 395 g/mol. The Labute approximate surface area is 167 Å². The fourth-order valence-electron chi connectivity index (χ4n) is 3.19. The number of benzene rings is 1. The number of anilines is 2. The number of hydrogen-bond donors (Lipinski definition) is 3. The second kappa shape index (κ2) is 10.5. The number of alkyl halides is 1. The number of amides is 2. The molecule has 0 radical (unpaired) electrons. The third kappa shape index (κ3) is 6.70. The molecule has 3 N–H and O–H groups in total. The molecule has 27 heavy (non-hydrogen) atoms. The van der Waals surface area contributed by atoms with Crippen LogP contribution in [0.25, 0.3) is 0 Å². The molecule has 0 unspecified atom stereocenters. The van der Waals surface area contributed by atoms with E-state index in [1.165, 1.54) is 11.3 Å². The van der Waals surface area contributed by atoms with Gasteiger partial charge in [0, 0.05) is 37.4 Å². The molecule has 0 saturated carbocycles. The molecular formula is C20H32ClN4O2+. The maximum Gasteiger partial charge on any atom is 0.253 e. The van der Waals surface area contributed by atoms with Crippen molar-refractivity contribution < 1.29 is 14.5 Å². The van der Waals surface area contributed by atoms with Gasteiger partial charge in [0.1, 0.15) is 5.38 Å². The molecule has 1 aromatic rings. The van der Waals surface area contributed by atoms with E-state index in [2.05, 4.69) is 29.6 Å². The van der Waals surface area contributed by atoms with Crippen LogP contribution in [0.2, 0.25) is 0 Å². The third-order valence-corrected chi connectivity index (χ3v) is 4.90. The first kappa shape index (κ1) is 21.5. The van der Waals surface area contributed by atoms with Crippen LogP contribution in [-0.4, -0.2) is 57.5 Å². The summed E-state index contributed by atoms with van der Waals surface area (Å²) >= 11 is 5.84. The quantitative estimate of drug-likeness (QED) is 0.461. The summed E-state index contributed by atoms with van der Waals surface area (Å²) in [5.41, 5.74) is 2.13. The van der Waals surface area contributed by atoms with Crippen molar-refractivity contribution >= 4 is 34.8 Å². The van der Waals surface area contributed by atoms with Crippen LogP contribution in [-0.2, 0) is 4.79 Å². The molecule has 1 aliphatic heterocycles. The second-order valence-corrected chi connectivity index (χ2v) is 8.11. The Bertz CT molecular complexity index is 643. The molecule has 2 rings (SSSR count). The van der Waals surface area contributed by atoms with Crippen LogP contribution in [0.3, 0.4) is 0 Å². The SMILES string of the molecule is C[C@H](Cl)C(=O)Nc1ccc(N2CCCCC2)c(C(=O)NCCC[NH+](C)C)c1. The molecule has 1 fully saturated rings. The van der Waals surface area contributed by atoms with Crippen molar-refractivity contribution in [3.8, 4) is 0 Å². The highest BCUT2D eigenvalue weighted by Gasteiger charge is 2.20. The van der Waals surface area contributed by atoms with Gasteiger partial charge in [0.25, 0.3) is 5.91 Å². The number of nitrogens with one attached hydrogen (secondary N) is 3. The molecule has 1 atom stereocenters. The van der Waals surface area contributed by atoms with Crippen molar-refractivity contribution in [1.82, 2.24) is 5.32 Å². The van der Waals surface area contributed by atoms with Gasteiger partial charge in [-0.25, -0.2) is 0 Å². The average Bonchev–Trinajstić information content (AvgIpc) is 2.65. The molecule has 0 bridgehead atoms. The summed E-state index contributed by atoms with van der Waals surface area (Å²) in [7, 11) is 4.20. The van der Waals surface area contributed by atoms with Crippen molar-refractivity contribution in [2.24, 2.45) is 0 Å². The number of piperidine rings is 1. The Morgan fingerprint density at radius 1 is 1.22 bits per heavy atom. The molecular weight excluding hydrogens is 364 g/mol. The highest BCUT2D eigenvalue weighted by molar-refractivity contribution is 6.32. The number of carbonyl (C=O) groups excluding carboxylic acids is 2. The maximum atomic E-state index is 12.8. The molecule has 7 heteroatoms. The lowest BCUT2D eigenvalue weighted by Gasteiger charge is -2.30. The van der Waals surface area contributed by atoms with E-state index in [0.29, 0.717) is 17.8 Å². The number of rotatable bonds is 8. The molecule has 150 valence electrons. The first-order valence-electron chi connectivity index (χ1n) is 9.79. The minimum Gasteiger partial charge on any atom is -0.371 e. The van der Waals surface area contributed by atoms with Gasteiger partial charge in [-0.2, -0.15) is 0 Å². The highest BCUT2D eigenvalue weighted by Crippen LogP contribution is 2.27. The van der Waals surface area contributed by atoms with Crippen molar-refractivity contribution in [2.75, 3.05) is 50.5 Å². The lowest BCUT2D eigenvalue weighted by atomic mass is 10.1. The van der Waals surface area contributed by atoms with Gasteiger partial charge < -0.3 is 20.4 Å². The minimum absolute atomic E-state index is 0.0978. The molecule has 6 nitrogen and oxygen atoms in total. The lowest BCUT2D eigenvalue weighted by Crippen LogP contribution is -3.05. The molecule has 1 aromatic carbocycles. The summed E-state index contributed by atoms with van der Waals surface area (Å²) < 4.78 is 0. The largest absolute Gasteiger partial charge is 0.371 e. The van der Waals surface area contributed by atoms with E-state index in [-0.39, 0.29) is 11.8 Å². The van der Waals surface area contributed by atoms with E-state index in [9.17, 15) is 9.59 Å². The normalized spacial score (nSPS) is 15.5. The fraction of sp³-hybridized carbons (Fsp3) is 0.600. The summed E-state index contributed by atoms with van der Waals surface area (Å²) in [4.78, 5) is 28.4. The van der Waals surface area contributed by atoms with Crippen LogP contribution in [0.4, 0.5) is 11.4 Å². The predicted molar refractivity (Wildman–Crippen MR) is 111 cm³/mol. The van der Waals surface area contributed by atoms with Crippen molar-refractivity contribution in [1.29, 1.82) is 0 Å². The number of hydrogen-bond acceptors (Lipinski definition) is 3. The summed E-state index contributed by atoms with van der Waals surface area (Å²) in [6.45, 7) is 5.17. The van der Waals surface area contributed by atoms with Gasteiger partial charge in [-0.05, 0) is 44.4 Å². The van der Waals surface area contributed by atoms with Crippen molar-refractivity contribution in [2.45, 2.75) is 38.0 Å². The zero-order chi connectivity index (χ0) is 19.8. The lowest BCUT2D eigenvalue weighted by molar-refractivity contribution is -0.858. The van der Waals surface area contributed by atoms with Gasteiger partial charge in [0.05, 0.1) is 26.2 Å². The predicted octanol–water partition coefficient (Wildman–Crippen LogP) is 1.51. The van der Waals surface area contributed by atoms with E-state index in [1.807, 2.05) is 12.1 Å². The Hall–Kier alpha value is -1.79. The first-order chi connectivity index (χ1) is 12.9. The topological polar surface area (TPSA) is 65.9 Å². The van der Waals surface area contributed by atoms with Crippen LogP contribution >= 0.6 is 11.6 Å². The minimum atomic E-state index is -0.627. The number of halogens is 1. The van der Waals surface area contributed by atoms with Gasteiger partial charge in [0.15, 0.2) is 0 Å².